The third kappa shape index (κ3) is 3.02. The highest BCUT2D eigenvalue weighted by Crippen LogP contribution is 2.28. The summed E-state index contributed by atoms with van der Waals surface area (Å²) in [7, 11) is 1.80. The summed E-state index contributed by atoms with van der Waals surface area (Å²) in [6.45, 7) is 0. The highest BCUT2D eigenvalue weighted by atomic mass is 35.5. The van der Waals surface area contributed by atoms with Crippen LogP contribution in [-0.4, -0.2) is 12.0 Å². The minimum absolute atomic E-state index is 0.453. The van der Waals surface area contributed by atoms with Crippen LogP contribution in [0.15, 0.2) is 36.4 Å². The van der Waals surface area contributed by atoms with E-state index in [4.69, 9.17) is 27.9 Å². The number of hydrogen-bond acceptors (Lipinski definition) is 3. The zero-order valence-electron chi connectivity index (χ0n) is 9.08. The van der Waals surface area contributed by atoms with Crippen LogP contribution in [0.5, 0.6) is 11.6 Å². The Balaban J connectivity index is 2.22. The number of pyridine rings is 1. The first-order valence-corrected chi connectivity index (χ1v) is 5.72. The van der Waals surface area contributed by atoms with Crippen LogP contribution in [-0.2, 0) is 0 Å². The summed E-state index contributed by atoms with van der Waals surface area (Å²) in [5.41, 5.74) is 0. The van der Waals surface area contributed by atoms with E-state index in [1.807, 2.05) is 12.1 Å². The van der Waals surface area contributed by atoms with E-state index in [1.165, 1.54) is 0 Å². The zero-order valence-corrected chi connectivity index (χ0v) is 10.6. The smallest absolute Gasteiger partial charge is 0.221 e. The van der Waals surface area contributed by atoms with Crippen molar-refractivity contribution in [2.24, 2.45) is 0 Å². The molecule has 1 aromatic carbocycles. The molecule has 0 aliphatic carbocycles. The van der Waals surface area contributed by atoms with Gasteiger partial charge in [-0.05, 0) is 18.2 Å². The van der Waals surface area contributed by atoms with E-state index in [1.54, 1.807) is 31.3 Å². The highest BCUT2D eigenvalue weighted by molar-refractivity contribution is 6.42. The van der Waals surface area contributed by atoms with Gasteiger partial charge in [-0.25, -0.2) is 0 Å². The predicted molar refractivity (Wildman–Crippen MR) is 70.3 cm³/mol. The minimum atomic E-state index is 0.453. The number of anilines is 1. The van der Waals surface area contributed by atoms with Gasteiger partial charge in [0.15, 0.2) is 0 Å². The molecule has 0 bridgehead atoms. The SMILES string of the molecule is CNc1cccc(Oc2ccc(Cl)c(Cl)c2)n1. The largest absolute Gasteiger partial charge is 0.439 e. The number of benzene rings is 1. The Morgan fingerprint density at radius 1 is 1.12 bits per heavy atom. The van der Waals surface area contributed by atoms with E-state index in [0.29, 0.717) is 21.7 Å². The van der Waals surface area contributed by atoms with Crippen molar-refractivity contribution in [3.05, 3.63) is 46.4 Å². The average molecular weight is 269 g/mol. The molecule has 2 aromatic rings. The summed E-state index contributed by atoms with van der Waals surface area (Å²) < 4.78 is 5.56. The Kier molecular flexibility index (Phi) is 3.71. The number of hydrogen-bond donors (Lipinski definition) is 1. The molecule has 0 amide bonds. The standard InChI is InChI=1S/C12H10Cl2N2O/c1-15-11-3-2-4-12(16-11)17-8-5-6-9(13)10(14)7-8/h2-7H,1H3,(H,15,16). The molecule has 88 valence electrons. The van der Waals surface area contributed by atoms with Gasteiger partial charge >= 0.3 is 0 Å². The Morgan fingerprint density at radius 2 is 1.94 bits per heavy atom. The molecular weight excluding hydrogens is 259 g/mol. The Bertz CT molecular complexity index is 532. The van der Waals surface area contributed by atoms with E-state index in [-0.39, 0.29) is 0 Å². The molecular formula is C12H10Cl2N2O. The first kappa shape index (κ1) is 12.0. The van der Waals surface area contributed by atoms with Crippen LogP contribution < -0.4 is 10.1 Å². The lowest BCUT2D eigenvalue weighted by atomic mass is 10.3. The molecule has 0 aliphatic rings. The second-order valence-electron chi connectivity index (χ2n) is 3.29. The topological polar surface area (TPSA) is 34.1 Å². The number of halogens is 2. The molecule has 0 saturated heterocycles. The second-order valence-corrected chi connectivity index (χ2v) is 4.10. The Hall–Kier alpha value is -1.45. The predicted octanol–water partition coefficient (Wildman–Crippen LogP) is 4.22. The third-order valence-corrected chi connectivity index (χ3v) is 2.83. The fraction of sp³-hybridized carbons (Fsp3) is 0.0833. The van der Waals surface area contributed by atoms with Crippen molar-refractivity contribution in [1.82, 2.24) is 4.98 Å². The number of nitrogens with one attached hydrogen (secondary N) is 1. The number of rotatable bonds is 3. The van der Waals surface area contributed by atoms with Gasteiger partial charge in [0.05, 0.1) is 10.0 Å². The molecule has 1 aromatic heterocycles. The molecule has 2 rings (SSSR count). The molecule has 1 N–H and O–H groups in total. The maximum absolute atomic E-state index is 5.89. The van der Waals surface area contributed by atoms with E-state index >= 15 is 0 Å². The third-order valence-electron chi connectivity index (χ3n) is 2.09. The maximum atomic E-state index is 5.89. The summed E-state index contributed by atoms with van der Waals surface area (Å²) in [5, 5.41) is 3.88. The van der Waals surface area contributed by atoms with Crippen LogP contribution in [0.4, 0.5) is 5.82 Å². The first-order valence-electron chi connectivity index (χ1n) is 4.97. The summed E-state index contributed by atoms with van der Waals surface area (Å²) in [6.07, 6.45) is 0. The van der Waals surface area contributed by atoms with E-state index < -0.39 is 0 Å². The van der Waals surface area contributed by atoms with Crippen LogP contribution >= 0.6 is 23.2 Å². The van der Waals surface area contributed by atoms with Crippen molar-refractivity contribution in [2.45, 2.75) is 0 Å². The van der Waals surface area contributed by atoms with E-state index in [9.17, 15) is 0 Å². The van der Waals surface area contributed by atoms with Gasteiger partial charge in [0.25, 0.3) is 0 Å². The molecule has 0 saturated carbocycles. The molecule has 0 radical (unpaired) electrons. The number of aromatic nitrogens is 1. The van der Waals surface area contributed by atoms with Crippen molar-refractivity contribution >= 4 is 29.0 Å². The van der Waals surface area contributed by atoms with Gasteiger partial charge in [-0.1, -0.05) is 29.3 Å². The van der Waals surface area contributed by atoms with Gasteiger partial charge in [-0.3, -0.25) is 0 Å². The molecule has 5 heteroatoms. The fourth-order valence-electron chi connectivity index (χ4n) is 1.27. The number of nitrogens with zero attached hydrogens (tertiary/aromatic N) is 1. The van der Waals surface area contributed by atoms with Gasteiger partial charge in [0.1, 0.15) is 11.6 Å². The van der Waals surface area contributed by atoms with E-state index in [2.05, 4.69) is 10.3 Å². The lowest BCUT2D eigenvalue weighted by Crippen LogP contribution is -1.94. The van der Waals surface area contributed by atoms with Crippen LogP contribution in [0.3, 0.4) is 0 Å². The summed E-state index contributed by atoms with van der Waals surface area (Å²) in [5.74, 6) is 1.83. The normalized spacial score (nSPS) is 10.1. The minimum Gasteiger partial charge on any atom is -0.439 e. The molecule has 0 aliphatic heterocycles. The van der Waals surface area contributed by atoms with Gasteiger partial charge in [-0.15, -0.1) is 0 Å². The van der Waals surface area contributed by atoms with Gasteiger partial charge in [0, 0.05) is 19.2 Å². The van der Waals surface area contributed by atoms with Gasteiger partial charge in [-0.2, -0.15) is 4.98 Å². The van der Waals surface area contributed by atoms with Crippen molar-refractivity contribution in [2.75, 3.05) is 12.4 Å². The van der Waals surface area contributed by atoms with Crippen molar-refractivity contribution < 1.29 is 4.74 Å². The van der Waals surface area contributed by atoms with Gasteiger partial charge < -0.3 is 10.1 Å². The quantitative estimate of drug-likeness (QED) is 0.905. The molecule has 0 atom stereocenters. The Morgan fingerprint density at radius 3 is 2.65 bits per heavy atom. The summed E-state index contributed by atoms with van der Waals surface area (Å²) >= 11 is 11.7. The molecule has 17 heavy (non-hydrogen) atoms. The van der Waals surface area contributed by atoms with Gasteiger partial charge in [0.2, 0.25) is 5.88 Å². The molecule has 3 nitrogen and oxygen atoms in total. The van der Waals surface area contributed by atoms with Crippen LogP contribution in [0, 0.1) is 0 Å². The van der Waals surface area contributed by atoms with Crippen molar-refractivity contribution in [3.63, 3.8) is 0 Å². The monoisotopic (exact) mass is 268 g/mol. The highest BCUT2D eigenvalue weighted by Gasteiger charge is 2.03. The maximum Gasteiger partial charge on any atom is 0.221 e. The van der Waals surface area contributed by atoms with E-state index in [0.717, 1.165) is 5.82 Å². The average Bonchev–Trinajstić information content (AvgIpc) is 2.34. The van der Waals surface area contributed by atoms with Crippen LogP contribution in [0.25, 0.3) is 0 Å². The lowest BCUT2D eigenvalue weighted by Gasteiger charge is -2.07. The zero-order chi connectivity index (χ0) is 12.3. The van der Waals surface area contributed by atoms with Crippen molar-refractivity contribution in [1.29, 1.82) is 0 Å². The van der Waals surface area contributed by atoms with Crippen molar-refractivity contribution in [3.8, 4) is 11.6 Å². The Labute approximate surface area is 109 Å². The summed E-state index contributed by atoms with van der Waals surface area (Å²) in [6, 6.07) is 10.5. The van der Waals surface area contributed by atoms with Crippen LogP contribution in [0.2, 0.25) is 10.0 Å². The molecule has 0 unspecified atom stereocenters. The molecule has 1 heterocycles. The van der Waals surface area contributed by atoms with Crippen LogP contribution in [0.1, 0.15) is 0 Å². The summed E-state index contributed by atoms with van der Waals surface area (Å²) in [4.78, 5) is 4.23. The molecule has 0 spiro atoms. The lowest BCUT2D eigenvalue weighted by molar-refractivity contribution is 0.464. The second kappa shape index (κ2) is 5.25. The molecule has 0 fully saturated rings. The number of ether oxygens (including phenoxy) is 1. The first-order chi connectivity index (χ1) is 8.19. The fourth-order valence-corrected chi connectivity index (χ4v) is 1.56.